The normalized spacial score (nSPS) is 16.6. The van der Waals surface area contributed by atoms with Crippen molar-refractivity contribution in [2.45, 2.75) is 32.2 Å². The highest BCUT2D eigenvalue weighted by atomic mass is 35.5. The van der Waals surface area contributed by atoms with E-state index in [0.29, 0.717) is 27.6 Å². The van der Waals surface area contributed by atoms with E-state index in [-0.39, 0.29) is 5.91 Å². The van der Waals surface area contributed by atoms with E-state index in [1.165, 1.54) is 31.0 Å². The molecular weight excluding hydrogens is 431 g/mol. The van der Waals surface area contributed by atoms with Crippen LogP contribution in [0.25, 0.3) is 17.4 Å². The van der Waals surface area contributed by atoms with E-state index in [1.807, 2.05) is 18.2 Å². The summed E-state index contributed by atoms with van der Waals surface area (Å²) < 4.78 is 5.78. The van der Waals surface area contributed by atoms with Crippen LogP contribution in [0.4, 0.5) is 11.4 Å². The SMILES string of the molecule is C[C@H]1CCCCN1c1ccc(NC(=O)/C=C/c2ccc(-c3ccc(Cl)cc3Cl)o2)cc1. The first kappa shape index (κ1) is 21.5. The number of benzene rings is 2. The maximum Gasteiger partial charge on any atom is 0.248 e. The first-order chi connectivity index (χ1) is 15.0. The van der Waals surface area contributed by atoms with Gasteiger partial charge in [0.25, 0.3) is 0 Å². The average molecular weight is 455 g/mol. The van der Waals surface area contributed by atoms with Crippen LogP contribution in [0, 0.1) is 0 Å². The van der Waals surface area contributed by atoms with E-state index in [4.69, 9.17) is 27.6 Å². The van der Waals surface area contributed by atoms with E-state index in [0.717, 1.165) is 17.8 Å². The summed E-state index contributed by atoms with van der Waals surface area (Å²) in [6.07, 6.45) is 6.83. The molecule has 6 heteroatoms. The lowest BCUT2D eigenvalue weighted by Gasteiger charge is -2.35. The van der Waals surface area contributed by atoms with Gasteiger partial charge in [-0.05, 0) is 86.9 Å². The van der Waals surface area contributed by atoms with Crippen LogP contribution in [0.2, 0.25) is 10.0 Å². The van der Waals surface area contributed by atoms with Crippen LogP contribution in [0.1, 0.15) is 31.9 Å². The summed E-state index contributed by atoms with van der Waals surface area (Å²) in [4.78, 5) is 14.7. The Morgan fingerprint density at radius 2 is 1.90 bits per heavy atom. The van der Waals surface area contributed by atoms with Crippen molar-refractivity contribution in [2.75, 3.05) is 16.8 Å². The summed E-state index contributed by atoms with van der Waals surface area (Å²) >= 11 is 12.2. The number of carbonyl (C=O) groups is 1. The third kappa shape index (κ3) is 5.33. The van der Waals surface area contributed by atoms with Gasteiger partial charge in [-0.3, -0.25) is 4.79 Å². The van der Waals surface area contributed by atoms with Gasteiger partial charge in [0.15, 0.2) is 0 Å². The summed E-state index contributed by atoms with van der Waals surface area (Å²) in [6, 6.07) is 17.4. The Bertz CT molecular complexity index is 1090. The molecule has 0 bridgehead atoms. The number of rotatable bonds is 5. The Balaban J connectivity index is 1.37. The molecule has 0 unspecified atom stereocenters. The Morgan fingerprint density at radius 3 is 2.65 bits per heavy atom. The highest BCUT2D eigenvalue weighted by Gasteiger charge is 2.18. The van der Waals surface area contributed by atoms with Crippen molar-refractivity contribution in [1.82, 2.24) is 0 Å². The number of hydrogen-bond donors (Lipinski definition) is 1. The Hall–Kier alpha value is -2.69. The van der Waals surface area contributed by atoms with Crippen molar-refractivity contribution in [3.63, 3.8) is 0 Å². The Labute approximate surface area is 192 Å². The van der Waals surface area contributed by atoms with E-state index < -0.39 is 0 Å². The second-order valence-electron chi connectivity index (χ2n) is 7.73. The van der Waals surface area contributed by atoms with E-state index in [9.17, 15) is 4.79 Å². The van der Waals surface area contributed by atoms with Gasteiger partial charge in [0, 0.05) is 40.6 Å². The van der Waals surface area contributed by atoms with Crippen LogP contribution in [-0.4, -0.2) is 18.5 Å². The second kappa shape index (κ2) is 9.63. The van der Waals surface area contributed by atoms with E-state index in [1.54, 1.807) is 30.3 Å². The minimum Gasteiger partial charge on any atom is -0.457 e. The molecule has 160 valence electrons. The van der Waals surface area contributed by atoms with E-state index in [2.05, 4.69) is 29.3 Å². The molecule has 1 aliphatic rings. The maximum absolute atomic E-state index is 12.3. The molecule has 0 aliphatic carbocycles. The molecule has 1 aliphatic heterocycles. The average Bonchev–Trinajstić information content (AvgIpc) is 3.22. The van der Waals surface area contributed by atoms with Crippen LogP contribution in [0.5, 0.6) is 0 Å². The highest BCUT2D eigenvalue weighted by molar-refractivity contribution is 6.36. The molecule has 0 radical (unpaired) electrons. The molecule has 0 spiro atoms. The zero-order valence-electron chi connectivity index (χ0n) is 17.3. The molecule has 1 fully saturated rings. The number of anilines is 2. The summed E-state index contributed by atoms with van der Waals surface area (Å²) in [5.41, 5.74) is 2.71. The molecule has 2 aromatic carbocycles. The largest absolute Gasteiger partial charge is 0.457 e. The smallest absolute Gasteiger partial charge is 0.248 e. The standard InChI is InChI=1S/C25H24Cl2N2O2/c1-17-4-2-3-15-29(17)20-8-6-19(7-9-20)28-25(30)14-11-21-10-13-24(31-21)22-12-5-18(26)16-23(22)27/h5-14,16-17H,2-4,15H2,1H3,(H,28,30)/b14-11+/t17-/m0/s1. The van der Waals surface area contributed by atoms with Gasteiger partial charge in [0.1, 0.15) is 11.5 Å². The Kier molecular flexibility index (Phi) is 6.69. The van der Waals surface area contributed by atoms with Crippen LogP contribution in [-0.2, 0) is 4.79 Å². The number of hydrogen-bond acceptors (Lipinski definition) is 3. The lowest BCUT2D eigenvalue weighted by atomic mass is 10.0. The predicted octanol–water partition coefficient (Wildman–Crippen LogP) is 7.28. The zero-order chi connectivity index (χ0) is 21.8. The van der Waals surface area contributed by atoms with Gasteiger partial charge in [-0.2, -0.15) is 0 Å². The monoisotopic (exact) mass is 454 g/mol. The lowest BCUT2D eigenvalue weighted by molar-refractivity contribution is -0.111. The first-order valence-electron chi connectivity index (χ1n) is 10.4. The number of piperidine rings is 1. The quantitative estimate of drug-likeness (QED) is 0.411. The van der Waals surface area contributed by atoms with Crippen LogP contribution < -0.4 is 10.2 Å². The van der Waals surface area contributed by atoms with Crippen molar-refractivity contribution in [3.05, 3.63) is 76.5 Å². The van der Waals surface area contributed by atoms with Crippen LogP contribution in [0.3, 0.4) is 0 Å². The number of furan rings is 1. The summed E-state index contributed by atoms with van der Waals surface area (Å²) in [5.74, 6) is 0.955. The summed E-state index contributed by atoms with van der Waals surface area (Å²) in [5, 5.41) is 3.96. The van der Waals surface area contributed by atoms with Crippen molar-refractivity contribution in [1.29, 1.82) is 0 Å². The molecule has 1 N–H and O–H groups in total. The Morgan fingerprint density at radius 1 is 1.10 bits per heavy atom. The number of nitrogens with zero attached hydrogens (tertiary/aromatic N) is 1. The first-order valence-corrected chi connectivity index (χ1v) is 11.2. The molecule has 1 saturated heterocycles. The van der Waals surface area contributed by atoms with Crippen LogP contribution in [0.15, 0.2) is 65.1 Å². The molecule has 4 nitrogen and oxygen atoms in total. The van der Waals surface area contributed by atoms with Gasteiger partial charge in [-0.25, -0.2) is 0 Å². The molecule has 1 aromatic heterocycles. The molecule has 31 heavy (non-hydrogen) atoms. The van der Waals surface area contributed by atoms with Gasteiger partial charge >= 0.3 is 0 Å². The number of amides is 1. The fourth-order valence-electron chi connectivity index (χ4n) is 3.84. The third-order valence-electron chi connectivity index (χ3n) is 5.49. The van der Waals surface area contributed by atoms with Crippen LogP contribution >= 0.6 is 23.2 Å². The number of carbonyl (C=O) groups excluding carboxylic acids is 1. The van der Waals surface area contributed by atoms with Crippen molar-refractivity contribution in [3.8, 4) is 11.3 Å². The fraction of sp³-hybridized carbons (Fsp3) is 0.240. The maximum atomic E-state index is 12.3. The fourth-order valence-corrected chi connectivity index (χ4v) is 4.34. The lowest BCUT2D eigenvalue weighted by Crippen LogP contribution is -2.37. The number of nitrogens with one attached hydrogen (secondary N) is 1. The van der Waals surface area contributed by atoms with Gasteiger partial charge in [-0.15, -0.1) is 0 Å². The summed E-state index contributed by atoms with van der Waals surface area (Å²) in [7, 11) is 0. The molecule has 2 heterocycles. The van der Waals surface area contributed by atoms with Gasteiger partial charge < -0.3 is 14.6 Å². The molecule has 0 saturated carbocycles. The van der Waals surface area contributed by atoms with Crippen molar-refractivity contribution in [2.24, 2.45) is 0 Å². The van der Waals surface area contributed by atoms with Gasteiger partial charge in [0.2, 0.25) is 5.91 Å². The number of halogens is 2. The topological polar surface area (TPSA) is 45.5 Å². The van der Waals surface area contributed by atoms with Crippen molar-refractivity contribution >= 4 is 46.6 Å². The molecule has 4 rings (SSSR count). The molecule has 1 amide bonds. The van der Waals surface area contributed by atoms with Gasteiger partial charge in [-0.1, -0.05) is 23.2 Å². The molecule has 3 aromatic rings. The minimum atomic E-state index is -0.221. The zero-order valence-corrected chi connectivity index (χ0v) is 18.8. The third-order valence-corrected chi connectivity index (χ3v) is 6.04. The summed E-state index contributed by atoms with van der Waals surface area (Å²) in [6.45, 7) is 3.35. The molecular formula is C25H24Cl2N2O2. The molecule has 1 atom stereocenters. The minimum absolute atomic E-state index is 0.221. The predicted molar refractivity (Wildman–Crippen MR) is 129 cm³/mol. The van der Waals surface area contributed by atoms with E-state index >= 15 is 0 Å². The highest BCUT2D eigenvalue weighted by Crippen LogP contribution is 2.32. The van der Waals surface area contributed by atoms with Crippen molar-refractivity contribution < 1.29 is 9.21 Å². The second-order valence-corrected chi connectivity index (χ2v) is 8.58. The van der Waals surface area contributed by atoms with Gasteiger partial charge in [0.05, 0.1) is 5.02 Å².